The lowest BCUT2D eigenvalue weighted by Gasteiger charge is -2.11. The zero-order chi connectivity index (χ0) is 22.2. The van der Waals surface area contributed by atoms with Gasteiger partial charge in [0.25, 0.3) is 5.91 Å². The van der Waals surface area contributed by atoms with Crippen molar-refractivity contribution in [3.8, 4) is 0 Å². The molecule has 0 spiro atoms. The Bertz CT molecular complexity index is 1170. The average molecular weight is 418 g/mol. The van der Waals surface area contributed by atoms with Crippen LogP contribution in [0.15, 0.2) is 73.2 Å². The molecule has 0 aliphatic heterocycles. The number of carbonyl (C=O) groups is 1. The predicted octanol–water partition coefficient (Wildman–Crippen LogP) is 5.53. The summed E-state index contributed by atoms with van der Waals surface area (Å²) in [5.41, 5.74) is 3.67. The molecule has 4 nitrogen and oxygen atoms in total. The molecule has 0 aliphatic rings. The first kappa shape index (κ1) is 22.2. The molecule has 0 fully saturated rings. The molecule has 1 heterocycles. The van der Waals surface area contributed by atoms with Gasteiger partial charge in [0.2, 0.25) is 0 Å². The Hall–Kier alpha value is -3.47. The van der Waals surface area contributed by atoms with Gasteiger partial charge in [-0.1, -0.05) is 61.9 Å². The van der Waals surface area contributed by atoms with E-state index in [4.69, 9.17) is 0 Å². The van der Waals surface area contributed by atoms with Crippen molar-refractivity contribution in [2.45, 2.75) is 33.7 Å². The van der Waals surface area contributed by atoms with Crippen LogP contribution >= 0.6 is 0 Å². The Morgan fingerprint density at radius 2 is 1.87 bits per heavy atom. The number of aryl methyl sites for hydroxylation is 1. The molecule has 0 saturated carbocycles. The Morgan fingerprint density at radius 3 is 2.68 bits per heavy atom. The van der Waals surface area contributed by atoms with E-state index < -0.39 is 0 Å². The van der Waals surface area contributed by atoms with E-state index in [0.29, 0.717) is 25.1 Å². The number of amides is 1. The molecule has 1 aromatic heterocycles. The monoisotopic (exact) mass is 417 g/mol. The van der Waals surface area contributed by atoms with Crippen LogP contribution in [-0.4, -0.2) is 22.0 Å². The van der Waals surface area contributed by atoms with Crippen molar-refractivity contribution in [3.63, 3.8) is 0 Å². The molecule has 31 heavy (non-hydrogen) atoms. The second-order valence-corrected chi connectivity index (χ2v) is 7.18. The number of nitrogens with zero attached hydrogens (tertiary/aromatic N) is 2. The normalized spacial score (nSPS) is 10.5. The van der Waals surface area contributed by atoms with Gasteiger partial charge in [-0.2, -0.15) is 0 Å². The smallest absolute Gasteiger partial charge is 0.251 e. The van der Waals surface area contributed by atoms with Crippen LogP contribution in [0, 0.1) is 12.7 Å². The van der Waals surface area contributed by atoms with Crippen LogP contribution in [-0.2, 0) is 13.0 Å². The van der Waals surface area contributed by atoms with Gasteiger partial charge in [0.1, 0.15) is 5.82 Å². The molecule has 0 unspecified atom stereocenters. The lowest BCUT2D eigenvalue weighted by atomic mass is 10.0. The number of fused-ring (bicyclic) bond motifs is 1. The van der Waals surface area contributed by atoms with Crippen molar-refractivity contribution in [2.24, 2.45) is 0 Å². The predicted molar refractivity (Wildman–Crippen MR) is 124 cm³/mol. The highest BCUT2D eigenvalue weighted by atomic mass is 19.1. The SMILES string of the molecule is CC.Cc1ccc2cccc(C(=O)NCCc3cncn3Cc3cccc(F)c3)c2c1. The molecule has 0 atom stereocenters. The van der Waals surface area contributed by atoms with Crippen LogP contribution in [0.5, 0.6) is 0 Å². The number of imidazole rings is 1. The number of halogens is 1. The number of benzene rings is 3. The van der Waals surface area contributed by atoms with E-state index in [2.05, 4.69) is 10.3 Å². The summed E-state index contributed by atoms with van der Waals surface area (Å²) in [5, 5.41) is 5.02. The van der Waals surface area contributed by atoms with Crippen molar-refractivity contribution in [3.05, 3.63) is 101 Å². The maximum absolute atomic E-state index is 13.4. The summed E-state index contributed by atoms with van der Waals surface area (Å²) in [7, 11) is 0. The quantitative estimate of drug-likeness (QED) is 0.448. The molecule has 0 aliphatic carbocycles. The molecule has 5 heteroatoms. The molecule has 160 valence electrons. The number of rotatable bonds is 6. The molecule has 3 aromatic carbocycles. The van der Waals surface area contributed by atoms with Crippen LogP contribution in [0.4, 0.5) is 4.39 Å². The molecular weight excluding hydrogens is 389 g/mol. The van der Waals surface area contributed by atoms with Crippen molar-refractivity contribution in [2.75, 3.05) is 6.54 Å². The topological polar surface area (TPSA) is 46.9 Å². The standard InChI is InChI=1S/C24H22FN3O.C2H6/c1-17-8-9-19-5-3-7-22(23(19)12-17)24(29)27-11-10-21-14-26-16-28(21)15-18-4-2-6-20(25)13-18;1-2/h2-9,12-14,16H,10-11,15H2,1H3,(H,27,29);1-2H3. The minimum Gasteiger partial charge on any atom is -0.352 e. The highest BCUT2D eigenvalue weighted by molar-refractivity contribution is 6.07. The number of hydrogen-bond donors (Lipinski definition) is 1. The van der Waals surface area contributed by atoms with Crippen molar-refractivity contribution < 1.29 is 9.18 Å². The fourth-order valence-electron chi connectivity index (χ4n) is 3.51. The van der Waals surface area contributed by atoms with Gasteiger partial charge in [0, 0.05) is 37.0 Å². The second-order valence-electron chi connectivity index (χ2n) is 7.18. The van der Waals surface area contributed by atoms with Gasteiger partial charge in [0.15, 0.2) is 0 Å². The molecule has 0 bridgehead atoms. The summed E-state index contributed by atoms with van der Waals surface area (Å²) >= 11 is 0. The fourth-order valence-corrected chi connectivity index (χ4v) is 3.51. The van der Waals surface area contributed by atoms with E-state index >= 15 is 0 Å². The summed E-state index contributed by atoms with van der Waals surface area (Å²) in [6.07, 6.45) is 4.16. The van der Waals surface area contributed by atoms with Gasteiger partial charge in [-0.3, -0.25) is 4.79 Å². The highest BCUT2D eigenvalue weighted by Crippen LogP contribution is 2.20. The maximum atomic E-state index is 13.4. The third-order valence-corrected chi connectivity index (χ3v) is 4.99. The third kappa shape index (κ3) is 5.57. The van der Waals surface area contributed by atoms with Crippen LogP contribution in [0.3, 0.4) is 0 Å². The number of nitrogens with one attached hydrogen (secondary N) is 1. The molecule has 1 N–H and O–H groups in total. The summed E-state index contributed by atoms with van der Waals surface area (Å²) in [4.78, 5) is 16.9. The zero-order valence-corrected chi connectivity index (χ0v) is 18.2. The summed E-state index contributed by atoms with van der Waals surface area (Å²) in [5.74, 6) is -0.334. The number of hydrogen-bond acceptors (Lipinski definition) is 2. The number of aromatic nitrogens is 2. The Labute approximate surface area is 182 Å². The fraction of sp³-hybridized carbons (Fsp3) is 0.231. The lowest BCUT2D eigenvalue weighted by molar-refractivity contribution is 0.0955. The van der Waals surface area contributed by atoms with Crippen molar-refractivity contribution >= 4 is 16.7 Å². The van der Waals surface area contributed by atoms with E-state index in [0.717, 1.165) is 27.6 Å². The van der Waals surface area contributed by atoms with Gasteiger partial charge in [-0.05, 0) is 41.5 Å². The molecule has 4 rings (SSSR count). The average Bonchev–Trinajstić information content (AvgIpc) is 3.21. The van der Waals surface area contributed by atoms with Crippen molar-refractivity contribution in [1.29, 1.82) is 0 Å². The van der Waals surface area contributed by atoms with E-state index in [1.165, 1.54) is 12.1 Å². The van der Waals surface area contributed by atoms with Crippen molar-refractivity contribution in [1.82, 2.24) is 14.9 Å². The van der Waals surface area contributed by atoms with Crippen LogP contribution in [0.25, 0.3) is 10.8 Å². The number of carbonyl (C=O) groups excluding carboxylic acids is 1. The third-order valence-electron chi connectivity index (χ3n) is 4.99. The summed E-state index contributed by atoms with van der Waals surface area (Å²) in [6.45, 7) is 7.06. The summed E-state index contributed by atoms with van der Waals surface area (Å²) in [6, 6.07) is 18.4. The first-order chi connectivity index (χ1) is 15.1. The van der Waals surface area contributed by atoms with Crippen LogP contribution in [0.2, 0.25) is 0 Å². The van der Waals surface area contributed by atoms with Gasteiger partial charge in [-0.15, -0.1) is 0 Å². The van der Waals surface area contributed by atoms with E-state index in [1.807, 2.05) is 67.8 Å². The van der Waals surface area contributed by atoms with Gasteiger partial charge in [-0.25, -0.2) is 9.37 Å². The molecule has 4 aromatic rings. The zero-order valence-electron chi connectivity index (χ0n) is 18.2. The Kier molecular flexibility index (Phi) is 7.55. The molecular formula is C26H28FN3O. The Morgan fingerprint density at radius 1 is 1.06 bits per heavy atom. The van der Waals surface area contributed by atoms with E-state index in [1.54, 1.807) is 18.6 Å². The maximum Gasteiger partial charge on any atom is 0.251 e. The van der Waals surface area contributed by atoms with Gasteiger partial charge >= 0.3 is 0 Å². The molecule has 1 amide bonds. The van der Waals surface area contributed by atoms with Crippen LogP contribution < -0.4 is 5.32 Å². The molecule has 0 saturated heterocycles. The molecule has 0 radical (unpaired) electrons. The van der Waals surface area contributed by atoms with E-state index in [9.17, 15) is 9.18 Å². The van der Waals surface area contributed by atoms with E-state index in [-0.39, 0.29) is 11.7 Å². The second kappa shape index (κ2) is 10.5. The largest absolute Gasteiger partial charge is 0.352 e. The first-order valence-corrected chi connectivity index (χ1v) is 10.6. The summed E-state index contributed by atoms with van der Waals surface area (Å²) < 4.78 is 15.4. The minimum atomic E-state index is -0.248. The first-order valence-electron chi connectivity index (χ1n) is 10.6. The van der Waals surface area contributed by atoms with Gasteiger partial charge < -0.3 is 9.88 Å². The highest BCUT2D eigenvalue weighted by Gasteiger charge is 2.10. The minimum absolute atomic E-state index is 0.0857. The van der Waals surface area contributed by atoms with Gasteiger partial charge in [0.05, 0.1) is 6.33 Å². The Balaban J connectivity index is 0.00000132. The lowest BCUT2D eigenvalue weighted by Crippen LogP contribution is -2.26. The van der Waals surface area contributed by atoms with Crippen LogP contribution in [0.1, 0.15) is 41.0 Å².